The lowest BCUT2D eigenvalue weighted by Crippen LogP contribution is -2.31. The lowest BCUT2D eigenvalue weighted by molar-refractivity contribution is -0.116. The number of para-hydroxylation sites is 1. The van der Waals surface area contributed by atoms with Crippen molar-refractivity contribution >= 4 is 38.3 Å². The van der Waals surface area contributed by atoms with Crippen molar-refractivity contribution < 1.29 is 4.79 Å². The molecule has 0 fully saturated rings. The van der Waals surface area contributed by atoms with E-state index in [9.17, 15) is 4.79 Å². The summed E-state index contributed by atoms with van der Waals surface area (Å²) in [7, 11) is 0. The Balaban J connectivity index is 1.68. The molecule has 5 heteroatoms. The second kappa shape index (κ2) is 6.38. The molecule has 1 amide bonds. The van der Waals surface area contributed by atoms with Gasteiger partial charge in [-0.15, -0.1) is 0 Å². The van der Waals surface area contributed by atoms with Crippen LogP contribution in [-0.4, -0.2) is 16.9 Å². The van der Waals surface area contributed by atoms with Gasteiger partial charge in [-0.05, 0) is 56.2 Å². The molecule has 0 aliphatic carbocycles. The van der Waals surface area contributed by atoms with Gasteiger partial charge < -0.3 is 10.6 Å². The van der Waals surface area contributed by atoms with Crippen molar-refractivity contribution in [2.24, 2.45) is 0 Å². The van der Waals surface area contributed by atoms with E-state index in [4.69, 9.17) is 0 Å². The number of hydrogen-bond acceptors (Lipinski definition) is 4. The topological polar surface area (TPSA) is 54.0 Å². The highest BCUT2D eigenvalue weighted by Gasteiger charge is 2.15. The van der Waals surface area contributed by atoms with Crippen molar-refractivity contribution in [3.05, 3.63) is 53.6 Å². The van der Waals surface area contributed by atoms with E-state index in [1.807, 2.05) is 56.3 Å². The number of amides is 1. The average Bonchev–Trinajstić information content (AvgIpc) is 2.93. The number of anilines is 2. The summed E-state index contributed by atoms with van der Waals surface area (Å²) in [6.07, 6.45) is 0. The van der Waals surface area contributed by atoms with Crippen LogP contribution >= 0.6 is 11.3 Å². The third kappa shape index (κ3) is 3.51. The van der Waals surface area contributed by atoms with Crippen LogP contribution in [-0.2, 0) is 4.79 Å². The molecule has 0 aliphatic rings. The molecule has 1 unspecified atom stereocenters. The Morgan fingerprint density at radius 3 is 2.65 bits per heavy atom. The average molecular weight is 325 g/mol. The molecule has 1 aromatic heterocycles. The number of aryl methyl sites for hydroxylation is 2. The SMILES string of the molecule is Cc1ccc(NC(=O)C(C)Nc2nc3ccccc3s2)cc1C. The Morgan fingerprint density at radius 1 is 1.13 bits per heavy atom. The number of benzene rings is 2. The van der Waals surface area contributed by atoms with E-state index in [0.717, 1.165) is 26.6 Å². The van der Waals surface area contributed by atoms with E-state index in [1.54, 1.807) is 11.3 Å². The molecule has 2 aromatic carbocycles. The molecular formula is C18H19N3OS. The minimum absolute atomic E-state index is 0.0764. The largest absolute Gasteiger partial charge is 0.350 e. The lowest BCUT2D eigenvalue weighted by atomic mass is 10.1. The molecule has 3 aromatic rings. The van der Waals surface area contributed by atoms with Crippen molar-refractivity contribution in [2.75, 3.05) is 10.6 Å². The number of thiazole rings is 1. The number of nitrogens with one attached hydrogen (secondary N) is 2. The van der Waals surface area contributed by atoms with E-state index >= 15 is 0 Å². The Kier molecular flexibility index (Phi) is 4.30. The lowest BCUT2D eigenvalue weighted by Gasteiger charge is -2.14. The van der Waals surface area contributed by atoms with Crippen LogP contribution in [0.1, 0.15) is 18.1 Å². The van der Waals surface area contributed by atoms with Gasteiger partial charge in [0.1, 0.15) is 6.04 Å². The Hall–Kier alpha value is -2.40. The Bertz CT molecular complexity index is 823. The Morgan fingerprint density at radius 2 is 1.91 bits per heavy atom. The van der Waals surface area contributed by atoms with Crippen molar-refractivity contribution in [3.63, 3.8) is 0 Å². The van der Waals surface area contributed by atoms with Crippen LogP contribution in [0.4, 0.5) is 10.8 Å². The van der Waals surface area contributed by atoms with Crippen LogP contribution in [0.25, 0.3) is 10.2 Å². The summed E-state index contributed by atoms with van der Waals surface area (Å²) < 4.78 is 1.11. The first-order valence-corrected chi connectivity index (χ1v) is 8.35. The van der Waals surface area contributed by atoms with E-state index < -0.39 is 0 Å². The summed E-state index contributed by atoms with van der Waals surface area (Å²) in [5.41, 5.74) is 4.14. The maximum absolute atomic E-state index is 12.3. The fraction of sp³-hybridized carbons (Fsp3) is 0.222. The van der Waals surface area contributed by atoms with Gasteiger partial charge in [0.15, 0.2) is 5.13 Å². The highest BCUT2D eigenvalue weighted by Crippen LogP contribution is 2.26. The predicted molar refractivity (Wildman–Crippen MR) is 97.3 cm³/mol. The molecule has 0 radical (unpaired) electrons. The standard InChI is InChI=1S/C18H19N3OS/c1-11-8-9-14(10-12(11)2)20-17(22)13(3)19-18-21-15-6-4-5-7-16(15)23-18/h4-10,13H,1-3H3,(H,19,21)(H,20,22). The van der Waals surface area contributed by atoms with Crippen LogP contribution in [0.2, 0.25) is 0 Å². The monoisotopic (exact) mass is 325 g/mol. The summed E-state index contributed by atoms with van der Waals surface area (Å²) >= 11 is 1.55. The predicted octanol–water partition coefficient (Wildman–Crippen LogP) is 4.35. The number of rotatable bonds is 4. The van der Waals surface area contributed by atoms with Gasteiger partial charge in [0.2, 0.25) is 5.91 Å². The normalized spacial score (nSPS) is 12.1. The molecule has 4 nitrogen and oxygen atoms in total. The molecule has 0 saturated carbocycles. The third-order valence-electron chi connectivity index (χ3n) is 3.80. The first-order valence-electron chi connectivity index (χ1n) is 7.53. The zero-order valence-electron chi connectivity index (χ0n) is 13.4. The number of fused-ring (bicyclic) bond motifs is 1. The van der Waals surface area contributed by atoms with Gasteiger partial charge in [-0.25, -0.2) is 4.98 Å². The van der Waals surface area contributed by atoms with Crippen molar-refractivity contribution in [1.29, 1.82) is 0 Å². The molecule has 1 atom stereocenters. The molecular weight excluding hydrogens is 306 g/mol. The van der Waals surface area contributed by atoms with Gasteiger partial charge in [-0.3, -0.25) is 4.79 Å². The zero-order valence-corrected chi connectivity index (χ0v) is 14.2. The number of nitrogens with zero attached hydrogens (tertiary/aromatic N) is 1. The van der Waals surface area contributed by atoms with Crippen LogP contribution in [0.5, 0.6) is 0 Å². The van der Waals surface area contributed by atoms with Gasteiger partial charge in [-0.1, -0.05) is 29.5 Å². The maximum atomic E-state index is 12.3. The minimum Gasteiger partial charge on any atom is -0.350 e. The molecule has 2 N–H and O–H groups in total. The van der Waals surface area contributed by atoms with E-state index in [0.29, 0.717) is 0 Å². The molecule has 0 spiro atoms. The van der Waals surface area contributed by atoms with Gasteiger partial charge >= 0.3 is 0 Å². The highest BCUT2D eigenvalue weighted by atomic mass is 32.1. The maximum Gasteiger partial charge on any atom is 0.246 e. The number of aromatic nitrogens is 1. The van der Waals surface area contributed by atoms with Gasteiger partial charge in [0.05, 0.1) is 10.2 Å². The third-order valence-corrected chi connectivity index (χ3v) is 4.77. The fourth-order valence-electron chi connectivity index (χ4n) is 2.25. The molecule has 23 heavy (non-hydrogen) atoms. The quantitative estimate of drug-likeness (QED) is 0.749. The second-order valence-corrected chi connectivity index (χ2v) is 6.67. The minimum atomic E-state index is -0.364. The van der Waals surface area contributed by atoms with E-state index in [1.165, 1.54) is 5.56 Å². The first kappa shape index (κ1) is 15.5. The van der Waals surface area contributed by atoms with Crippen LogP contribution in [0.3, 0.4) is 0 Å². The summed E-state index contributed by atoms with van der Waals surface area (Å²) in [5.74, 6) is -0.0764. The zero-order chi connectivity index (χ0) is 16.4. The molecule has 0 aliphatic heterocycles. The smallest absolute Gasteiger partial charge is 0.246 e. The van der Waals surface area contributed by atoms with E-state index in [2.05, 4.69) is 22.5 Å². The number of carbonyl (C=O) groups is 1. The summed E-state index contributed by atoms with van der Waals surface area (Å²) in [6.45, 7) is 5.93. The van der Waals surface area contributed by atoms with Gasteiger partial charge in [0.25, 0.3) is 0 Å². The van der Waals surface area contributed by atoms with Crippen molar-refractivity contribution in [3.8, 4) is 0 Å². The molecule has 1 heterocycles. The van der Waals surface area contributed by atoms with Crippen molar-refractivity contribution in [1.82, 2.24) is 4.98 Å². The van der Waals surface area contributed by atoms with Crippen LogP contribution in [0, 0.1) is 13.8 Å². The van der Waals surface area contributed by atoms with Crippen molar-refractivity contribution in [2.45, 2.75) is 26.8 Å². The first-order chi connectivity index (χ1) is 11.0. The molecule has 0 saturated heterocycles. The molecule has 3 rings (SSSR count). The van der Waals surface area contributed by atoms with Crippen LogP contribution < -0.4 is 10.6 Å². The molecule has 0 bridgehead atoms. The Labute approximate surface area is 139 Å². The molecule has 118 valence electrons. The van der Waals surface area contributed by atoms with E-state index in [-0.39, 0.29) is 11.9 Å². The van der Waals surface area contributed by atoms with Crippen LogP contribution in [0.15, 0.2) is 42.5 Å². The summed E-state index contributed by atoms with van der Waals surface area (Å²) in [4.78, 5) is 16.8. The van der Waals surface area contributed by atoms with Gasteiger partial charge in [-0.2, -0.15) is 0 Å². The fourth-order valence-corrected chi connectivity index (χ4v) is 3.21. The summed E-state index contributed by atoms with van der Waals surface area (Å²) in [5, 5.41) is 6.87. The van der Waals surface area contributed by atoms with Gasteiger partial charge in [0, 0.05) is 5.69 Å². The highest BCUT2D eigenvalue weighted by molar-refractivity contribution is 7.22. The summed E-state index contributed by atoms with van der Waals surface area (Å²) in [6, 6.07) is 13.5. The number of hydrogen-bond donors (Lipinski definition) is 2. The second-order valence-electron chi connectivity index (χ2n) is 5.64. The number of carbonyl (C=O) groups excluding carboxylic acids is 1.